The molecule has 1 aromatic rings. The van der Waals surface area contributed by atoms with Crippen LogP contribution in [0.2, 0.25) is 0 Å². The molecular formula is C19H28N4O2. The Morgan fingerprint density at radius 2 is 1.96 bits per heavy atom. The van der Waals surface area contributed by atoms with Crippen molar-refractivity contribution >= 4 is 17.6 Å². The predicted molar refractivity (Wildman–Crippen MR) is 97.4 cm³/mol. The molecular weight excluding hydrogens is 316 g/mol. The molecule has 6 nitrogen and oxygen atoms in total. The third-order valence-corrected chi connectivity index (χ3v) is 4.79. The van der Waals surface area contributed by atoms with E-state index in [0.717, 1.165) is 25.1 Å². The van der Waals surface area contributed by atoms with Gasteiger partial charge >= 0.3 is 0 Å². The number of nitrogens with zero attached hydrogens (tertiary/aromatic N) is 3. The Labute approximate surface area is 149 Å². The van der Waals surface area contributed by atoms with E-state index in [2.05, 4.69) is 31.1 Å². The number of anilines is 1. The Morgan fingerprint density at radius 1 is 1.24 bits per heavy atom. The molecule has 6 heteroatoms. The van der Waals surface area contributed by atoms with Crippen LogP contribution in [0.3, 0.4) is 0 Å². The van der Waals surface area contributed by atoms with Gasteiger partial charge in [0.25, 0.3) is 5.91 Å². The quantitative estimate of drug-likeness (QED) is 0.911. The topological polar surface area (TPSA) is 65.5 Å². The molecule has 3 rings (SSSR count). The van der Waals surface area contributed by atoms with Crippen molar-refractivity contribution in [3.05, 3.63) is 23.9 Å². The van der Waals surface area contributed by atoms with Crippen LogP contribution in [0.15, 0.2) is 18.3 Å². The lowest BCUT2D eigenvalue weighted by Crippen LogP contribution is -2.40. The van der Waals surface area contributed by atoms with Gasteiger partial charge in [0, 0.05) is 37.8 Å². The fraction of sp³-hybridized carbons (Fsp3) is 0.632. The highest BCUT2D eigenvalue weighted by molar-refractivity contribution is 5.94. The molecule has 1 atom stereocenters. The Morgan fingerprint density at radius 3 is 2.52 bits per heavy atom. The van der Waals surface area contributed by atoms with Crippen molar-refractivity contribution in [2.75, 3.05) is 25.5 Å². The van der Waals surface area contributed by atoms with E-state index in [9.17, 15) is 9.59 Å². The number of likely N-dealkylation sites (tertiary alicyclic amines) is 1. The molecule has 1 unspecified atom stereocenters. The minimum Gasteiger partial charge on any atom is -0.365 e. The highest BCUT2D eigenvalue weighted by Crippen LogP contribution is 2.32. The highest BCUT2D eigenvalue weighted by Gasteiger charge is 2.37. The fourth-order valence-electron chi connectivity index (χ4n) is 3.20. The second kappa shape index (κ2) is 6.65. The molecule has 0 bridgehead atoms. The molecule has 0 radical (unpaired) electrons. The monoisotopic (exact) mass is 344 g/mol. The molecule has 1 aliphatic carbocycles. The van der Waals surface area contributed by atoms with Gasteiger partial charge in [0.15, 0.2) is 0 Å². The van der Waals surface area contributed by atoms with Crippen molar-refractivity contribution in [2.24, 2.45) is 5.92 Å². The predicted octanol–water partition coefficient (Wildman–Crippen LogP) is 2.37. The first-order valence-electron chi connectivity index (χ1n) is 9.05. The maximum atomic E-state index is 12.7. The summed E-state index contributed by atoms with van der Waals surface area (Å²) in [5, 5.41) is 3.29. The van der Waals surface area contributed by atoms with Gasteiger partial charge in [-0.25, -0.2) is 4.98 Å². The number of carbonyl (C=O) groups is 2. The second-order valence-corrected chi connectivity index (χ2v) is 8.22. The van der Waals surface area contributed by atoms with Gasteiger partial charge in [-0.15, -0.1) is 0 Å². The van der Waals surface area contributed by atoms with Gasteiger partial charge in [0.2, 0.25) is 5.91 Å². The number of hydrogen-bond acceptors (Lipinski definition) is 4. The van der Waals surface area contributed by atoms with E-state index < -0.39 is 0 Å². The van der Waals surface area contributed by atoms with E-state index >= 15 is 0 Å². The van der Waals surface area contributed by atoms with Gasteiger partial charge in [-0.1, -0.05) is 0 Å². The minimum absolute atomic E-state index is 0.00965. The minimum atomic E-state index is -0.0701. The zero-order valence-corrected chi connectivity index (χ0v) is 15.6. The van der Waals surface area contributed by atoms with Crippen molar-refractivity contribution in [1.29, 1.82) is 0 Å². The average molecular weight is 344 g/mol. The zero-order chi connectivity index (χ0) is 18.2. The number of pyridine rings is 1. The van der Waals surface area contributed by atoms with E-state index in [4.69, 9.17) is 0 Å². The van der Waals surface area contributed by atoms with E-state index in [1.807, 2.05) is 29.0 Å². The molecule has 2 heterocycles. The van der Waals surface area contributed by atoms with Crippen LogP contribution in [0, 0.1) is 5.92 Å². The van der Waals surface area contributed by atoms with Crippen LogP contribution in [0.5, 0.6) is 0 Å². The van der Waals surface area contributed by atoms with Gasteiger partial charge < -0.3 is 15.1 Å². The number of likely N-dealkylation sites (N-methyl/N-ethyl adjacent to an activating group) is 1. The van der Waals surface area contributed by atoms with Gasteiger partial charge in [-0.3, -0.25) is 9.59 Å². The van der Waals surface area contributed by atoms with Crippen LogP contribution >= 0.6 is 0 Å². The van der Waals surface area contributed by atoms with Crippen molar-refractivity contribution in [1.82, 2.24) is 14.8 Å². The summed E-state index contributed by atoms with van der Waals surface area (Å²) in [7, 11) is 1.87. The first kappa shape index (κ1) is 17.7. The van der Waals surface area contributed by atoms with Crippen LogP contribution in [-0.2, 0) is 4.79 Å². The Kier molecular flexibility index (Phi) is 4.71. The maximum absolute atomic E-state index is 12.7. The average Bonchev–Trinajstić information content (AvgIpc) is 3.29. The summed E-state index contributed by atoms with van der Waals surface area (Å²) >= 11 is 0. The first-order valence-corrected chi connectivity index (χ1v) is 9.05. The molecule has 1 saturated carbocycles. The lowest BCUT2D eigenvalue weighted by atomic mass is 10.1. The van der Waals surface area contributed by atoms with Crippen molar-refractivity contribution in [3.63, 3.8) is 0 Å². The molecule has 0 aromatic carbocycles. The molecule has 2 fully saturated rings. The number of amides is 2. The smallest absolute Gasteiger partial charge is 0.255 e. The van der Waals surface area contributed by atoms with Crippen molar-refractivity contribution < 1.29 is 9.59 Å². The third-order valence-electron chi connectivity index (χ3n) is 4.79. The van der Waals surface area contributed by atoms with Crippen LogP contribution in [-0.4, -0.2) is 58.3 Å². The van der Waals surface area contributed by atoms with E-state index in [0.29, 0.717) is 18.7 Å². The third kappa shape index (κ3) is 4.30. The van der Waals surface area contributed by atoms with Crippen LogP contribution in [0.25, 0.3) is 0 Å². The standard InChI is InChI=1S/C19H28N4O2/c1-19(2,3)21-16-8-7-14(11-20-16)18(25)23-10-9-15(12-23)22(4)17(24)13-5-6-13/h7-8,11,13,15H,5-6,9-10,12H2,1-4H3,(H,20,21). The molecule has 25 heavy (non-hydrogen) atoms. The summed E-state index contributed by atoms with van der Waals surface area (Å²) < 4.78 is 0. The molecule has 1 saturated heterocycles. The molecule has 136 valence electrons. The lowest BCUT2D eigenvalue weighted by Gasteiger charge is -2.25. The van der Waals surface area contributed by atoms with Gasteiger partial charge in [-0.05, 0) is 52.2 Å². The normalized spacial score (nSPS) is 20.5. The number of carbonyl (C=O) groups excluding carboxylic acids is 2. The van der Waals surface area contributed by atoms with Crippen LogP contribution in [0.4, 0.5) is 5.82 Å². The lowest BCUT2D eigenvalue weighted by molar-refractivity contribution is -0.133. The fourth-order valence-corrected chi connectivity index (χ4v) is 3.20. The van der Waals surface area contributed by atoms with Crippen molar-refractivity contribution in [3.8, 4) is 0 Å². The van der Waals surface area contributed by atoms with E-state index in [-0.39, 0.29) is 29.3 Å². The summed E-state index contributed by atoms with van der Waals surface area (Å²) in [5.74, 6) is 1.21. The number of nitrogens with one attached hydrogen (secondary N) is 1. The molecule has 1 aromatic heterocycles. The van der Waals surface area contributed by atoms with Gasteiger partial charge in [0.1, 0.15) is 5.82 Å². The van der Waals surface area contributed by atoms with E-state index in [1.54, 1.807) is 6.20 Å². The number of aromatic nitrogens is 1. The maximum Gasteiger partial charge on any atom is 0.255 e. The molecule has 1 N–H and O–H groups in total. The van der Waals surface area contributed by atoms with Crippen LogP contribution < -0.4 is 5.32 Å². The summed E-state index contributed by atoms with van der Waals surface area (Å²) in [5.41, 5.74) is 0.524. The highest BCUT2D eigenvalue weighted by atomic mass is 16.2. The summed E-state index contributed by atoms with van der Waals surface area (Å²) in [6, 6.07) is 3.79. The van der Waals surface area contributed by atoms with Crippen molar-refractivity contribution in [2.45, 2.75) is 51.6 Å². The first-order chi connectivity index (χ1) is 11.7. The molecule has 2 aliphatic rings. The van der Waals surface area contributed by atoms with Crippen LogP contribution in [0.1, 0.15) is 50.4 Å². The second-order valence-electron chi connectivity index (χ2n) is 8.22. The SMILES string of the molecule is CN(C(=O)C1CC1)C1CCN(C(=O)c2ccc(NC(C)(C)C)nc2)C1. The molecule has 0 spiro atoms. The number of hydrogen-bond donors (Lipinski definition) is 1. The molecule has 1 aliphatic heterocycles. The Balaban J connectivity index is 1.59. The van der Waals surface area contributed by atoms with E-state index in [1.165, 1.54) is 0 Å². The summed E-state index contributed by atoms with van der Waals surface area (Å²) in [6.45, 7) is 7.50. The Bertz CT molecular complexity index is 646. The Hall–Kier alpha value is -2.11. The van der Waals surface area contributed by atoms with Gasteiger partial charge in [-0.2, -0.15) is 0 Å². The van der Waals surface area contributed by atoms with Gasteiger partial charge in [0.05, 0.1) is 11.6 Å². The summed E-state index contributed by atoms with van der Waals surface area (Å²) in [4.78, 5) is 32.9. The largest absolute Gasteiger partial charge is 0.365 e. The number of rotatable bonds is 4. The molecule has 2 amide bonds. The zero-order valence-electron chi connectivity index (χ0n) is 15.6. The summed E-state index contributed by atoms with van der Waals surface area (Å²) in [6.07, 6.45) is 4.50.